The summed E-state index contributed by atoms with van der Waals surface area (Å²) in [5, 5.41) is 4.04. The summed E-state index contributed by atoms with van der Waals surface area (Å²) in [6.07, 6.45) is -3.25. The molecular weight excluding hydrogens is 365 g/mol. The summed E-state index contributed by atoms with van der Waals surface area (Å²) >= 11 is 0. The zero-order valence-electron chi connectivity index (χ0n) is 15.2. The van der Waals surface area contributed by atoms with Gasteiger partial charge in [-0.3, -0.25) is 0 Å². The van der Waals surface area contributed by atoms with Crippen molar-refractivity contribution in [3.05, 3.63) is 30.0 Å². The van der Waals surface area contributed by atoms with Crippen LogP contribution >= 0.6 is 0 Å². The highest BCUT2D eigenvalue weighted by molar-refractivity contribution is 7.91. The van der Waals surface area contributed by atoms with Crippen LogP contribution in [0.4, 0.5) is 18.9 Å². The van der Waals surface area contributed by atoms with Gasteiger partial charge in [0.15, 0.2) is 0 Å². The quantitative estimate of drug-likeness (QED) is 0.838. The Kier molecular flexibility index (Phi) is 6.26. The minimum atomic E-state index is -4.28. The van der Waals surface area contributed by atoms with Crippen molar-refractivity contribution in [3.8, 4) is 0 Å². The van der Waals surface area contributed by atoms with Crippen LogP contribution in [0.3, 0.4) is 0 Å². The molecular formula is C18H25F3N2O2S. The van der Waals surface area contributed by atoms with Crippen LogP contribution in [0.2, 0.25) is 0 Å². The molecule has 1 aromatic heterocycles. The van der Waals surface area contributed by atoms with Crippen LogP contribution in [0.1, 0.15) is 32.4 Å². The van der Waals surface area contributed by atoms with E-state index in [1.807, 2.05) is 19.9 Å². The second kappa shape index (κ2) is 7.90. The number of hydrogen-bond donors (Lipinski definition) is 1. The van der Waals surface area contributed by atoms with Crippen molar-refractivity contribution in [2.75, 3.05) is 16.8 Å². The van der Waals surface area contributed by atoms with Crippen LogP contribution in [0.5, 0.6) is 0 Å². The third-order valence-electron chi connectivity index (χ3n) is 4.40. The zero-order chi connectivity index (χ0) is 19.5. The molecule has 1 aliphatic rings. The van der Waals surface area contributed by atoms with Crippen LogP contribution < -0.4 is 5.32 Å². The van der Waals surface area contributed by atoms with Gasteiger partial charge in [-0.25, -0.2) is 8.42 Å². The summed E-state index contributed by atoms with van der Waals surface area (Å²) in [6, 6.07) is 6.97. The Labute approximate surface area is 152 Å². The summed E-state index contributed by atoms with van der Waals surface area (Å²) in [5.74, 6) is 0.295. The molecule has 1 aromatic carbocycles. The number of rotatable bonds is 3. The van der Waals surface area contributed by atoms with E-state index in [-0.39, 0.29) is 17.5 Å². The van der Waals surface area contributed by atoms with Crippen LogP contribution in [0.15, 0.2) is 24.3 Å². The van der Waals surface area contributed by atoms with Crippen molar-refractivity contribution in [1.82, 2.24) is 4.57 Å². The third kappa shape index (κ3) is 4.93. The summed E-state index contributed by atoms with van der Waals surface area (Å²) in [4.78, 5) is 0. The SMILES string of the molecule is CC.Cc1cc2c(NC3CCS(=O)(=O)CC3)cccc2n1CC(F)(F)F. The molecule has 0 bridgehead atoms. The topological polar surface area (TPSA) is 51.1 Å². The van der Waals surface area contributed by atoms with Gasteiger partial charge in [0.25, 0.3) is 0 Å². The Morgan fingerprint density at radius 2 is 1.81 bits per heavy atom. The molecule has 26 heavy (non-hydrogen) atoms. The van der Waals surface area contributed by atoms with Crippen molar-refractivity contribution < 1.29 is 21.6 Å². The van der Waals surface area contributed by atoms with E-state index >= 15 is 0 Å². The fourth-order valence-electron chi connectivity index (χ4n) is 3.19. The molecule has 0 aliphatic carbocycles. The number of halogens is 3. The Bertz CT molecular complexity index is 843. The fourth-order valence-corrected chi connectivity index (χ4v) is 4.68. The molecule has 1 saturated heterocycles. The van der Waals surface area contributed by atoms with Crippen molar-refractivity contribution in [1.29, 1.82) is 0 Å². The lowest BCUT2D eigenvalue weighted by atomic mass is 10.1. The molecule has 3 rings (SSSR count). The summed E-state index contributed by atoms with van der Waals surface area (Å²) in [6.45, 7) is 4.64. The Morgan fingerprint density at radius 1 is 1.19 bits per heavy atom. The normalized spacial score (nSPS) is 17.6. The number of hydrogen-bond acceptors (Lipinski definition) is 3. The number of nitrogens with one attached hydrogen (secondary N) is 1. The van der Waals surface area contributed by atoms with Crippen molar-refractivity contribution >= 4 is 26.4 Å². The van der Waals surface area contributed by atoms with Crippen molar-refractivity contribution in [2.24, 2.45) is 0 Å². The van der Waals surface area contributed by atoms with E-state index < -0.39 is 22.6 Å². The summed E-state index contributed by atoms with van der Waals surface area (Å²) in [5.41, 5.74) is 1.82. The van der Waals surface area contributed by atoms with Gasteiger partial charge in [0.05, 0.1) is 17.0 Å². The molecule has 146 valence electrons. The number of benzene rings is 1. The van der Waals surface area contributed by atoms with Gasteiger partial charge in [0.1, 0.15) is 16.4 Å². The highest BCUT2D eigenvalue weighted by Crippen LogP contribution is 2.31. The number of aryl methyl sites for hydroxylation is 1. The first kappa shape index (κ1) is 20.6. The van der Waals surface area contributed by atoms with E-state index in [0.29, 0.717) is 24.1 Å². The molecule has 1 N–H and O–H groups in total. The highest BCUT2D eigenvalue weighted by Gasteiger charge is 2.29. The van der Waals surface area contributed by atoms with E-state index in [4.69, 9.17) is 0 Å². The minimum absolute atomic E-state index is 0.0189. The molecule has 0 amide bonds. The number of aromatic nitrogens is 1. The zero-order valence-corrected chi connectivity index (χ0v) is 16.0. The molecule has 0 atom stereocenters. The first-order valence-corrected chi connectivity index (χ1v) is 10.6. The second-order valence-electron chi connectivity index (χ2n) is 6.30. The van der Waals surface area contributed by atoms with Crippen LogP contribution in [0, 0.1) is 6.92 Å². The van der Waals surface area contributed by atoms with E-state index in [1.54, 1.807) is 25.1 Å². The van der Waals surface area contributed by atoms with Crippen molar-refractivity contribution in [3.63, 3.8) is 0 Å². The van der Waals surface area contributed by atoms with Gasteiger partial charge < -0.3 is 9.88 Å². The Balaban J connectivity index is 0.00000117. The second-order valence-corrected chi connectivity index (χ2v) is 8.60. The number of alkyl halides is 3. The number of sulfone groups is 1. The van der Waals surface area contributed by atoms with Crippen LogP contribution in [-0.2, 0) is 16.4 Å². The first-order valence-electron chi connectivity index (χ1n) is 8.77. The molecule has 0 spiro atoms. The van der Waals surface area contributed by atoms with Crippen LogP contribution in [-0.4, -0.2) is 36.7 Å². The maximum Gasteiger partial charge on any atom is 0.406 e. The van der Waals surface area contributed by atoms with Gasteiger partial charge in [-0.1, -0.05) is 19.9 Å². The van der Waals surface area contributed by atoms with Gasteiger partial charge in [-0.2, -0.15) is 13.2 Å². The van der Waals surface area contributed by atoms with Crippen LogP contribution in [0.25, 0.3) is 10.9 Å². The Hall–Kier alpha value is -1.70. The molecule has 0 saturated carbocycles. The Morgan fingerprint density at radius 3 is 2.38 bits per heavy atom. The maximum atomic E-state index is 12.8. The van der Waals surface area contributed by atoms with Gasteiger partial charge >= 0.3 is 6.18 Å². The average molecular weight is 390 g/mol. The molecule has 8 heteroatoms. The van der Waals surface area contributed by atoms with E-state index in [9.17, 15) is 21.6 Å². The van der Waals surface area contributed by atoms with E-state index in [2.05, 4.69) is 5.32 Å². The molecule has 1 aliphatic heterocycles. The minimum Gasteiger partial charge on any atom is -0.382 e. The number of fused-ring (bicyclic) bond motifs is 1. The third-order valence-corrected chi connectivity index (χ3v) is 6.12. The lowest BCUT2D eigenvalue weighted by molar-refractivity contribution is -0.140. The molecule has 1 fully saturated rings. The van der Waals surface area contributed by atoms with Gasteiger partial charge in [-0.05, 0) is 38.0 Å². The molecule has 4 nitrogen and oxygen atoms in total. The number of anilines is 1. The van der Waals surface area contributed by atoms with Gasteiger partial charge in [-0.15, -0.1) is 0 Å². The van der Waals surface area contributed by atoms with Gasteiger partial charge in [0.2, 0.25) is 0 Å². The first-order chi connectivity index (χ1) is 12.1. The maximum absolute atomic E-state index is 12.8. The largest absolute Gasteiger partial charge is 0.406 e. The van der Waals surface area contributed by atoms with E-state index in [1.165, 1.54) is 4.57 Å². The van der Waals surface area contributed by atoms with Gasteiger partial charge in [0, 0.05) is 22.8 Å². The lowest BCUT2D eigenvalue weighted by Gasteiger charge is -2.24. The molecule has 0 radical (unpaired) electrons. The number of nitrogens with zero attached hydrogens (tertiary/aromatic N) is 1. The lowest BCUT2D eigenvalue weighted by Crippen LogP contribution is -2.32. The fraction of sp³-hybridized carbons (Fsp3) is 0.556. The predicted octanol–water partition coefficient (Wildman–Crippen LogP) is 4.53. The highest BCUT2D eigenvalue weighted by atomic mass is 32.2. The standard InChI is InChI=1S/C16H19F3N2O2S.C2H6/c1-11-9-13-14(20-12-5-7-24(22,23)8-6-12)3-2-4-15(13)21(11)10-16(17,18)19;1-2/h2-4,9,12,20H,5-8,10H2,1H3;1-2H3. The smallest absolute Gasteiger partial charge is 0.382 e. The summed E-state index contributed by atoms with van der Waals surface area (Å²) in [7, 11) is -2.94. The molecule has 2 aromatic rings. The molecule has 2 heterocycles. The monoisotopic (exact) mass is 390 g/mol. The average Bonchev–Trinajstić information content (AvgIpc) is 2.87. The molecule has 0 unspecified atom stereocenters. The van der Waals surface area contributed by atoms with E-state index in [0.717, 1.165) is 11.1 Å². The van der Waals surface area contributed by atoms with Crippen molar-refractivity contribution in [2.45, 2.75) is 52.4 Å². The predicted molar refractivity (Wildman–Crippen MR) is 99.4 cm³/mol. The summed E-state index contributed by atoms with van der Waals surface area (Å²) < 4.78 is 62.6.